The Bertz CT molecular complexity index is 575. The Morgan fingerprint density at radius 2 is 1.83 bits per heavy atom. The highest BCUT2D eigenvalue weighted by Crippen LogP contribution is 2.29. The molecule has 0 spiro atoms. The van der Waals surface area contributed by atoms with E-state index in [-0.39, 0.29) is 11.8 Å². The van der Waals surface area contributed by atoms with Crippen LogP contribution in [0.4, 0.5) is 0 Å². The fraction of sp³-hybridized carbons (Fsp3) is 0.308. The number of carbonyl (C=O) groups excluding carboxylic acids is 2. The van der Waals surface area contributed by atoms with Crippen LogP contribution >= 0.6 is 15.9 Å². The van der Waals surface area contributed by atoms with Crippen LogP contribution in [-0.4, -0.2) is 22.8 Å². The maximum Gasteiger partial charge on any atom is 0.262 e. The molecule has 0 radical (unpaired) electrons. The molecule has 4 nitrogen and oxygen atoms in total. The van der Waals surface area contributed by atoms with Crippen molar-refractivity contribution in [3.05, 3.63) is 33.8 Å². The van der Waals surface area contributed by atoms with Gasteiger partial charge in [0.25, 0.3) is 11.8 Å². The number of rotatable bonds is 2. The molecular weight excluding hydrogens is 296 g/mol. The van der Waals surface area contributed by atoms with Crippen LogP contribution in [-0.2, 0) is 0 Å². The lowest BCUT2D eigenvalue weighted by atomic mass is 10.0. The molecule has 0 aliphatic carbocycles. The van der Waals surface area contributed by atoms with Gasteiger partial charge >= 0.3 is 0 Å². The Hall–Kier alpha value is -1.67. The van der Waals surface area contributed by atoms with Crippen molar-refractivity contribution in [2.45, 2.75) is 19.9 Å². The highest BCUT2D eigenvalue weighted by atomic mass is 79.9. The molecule has 0 saturated carbocycles. The molecule has 18 heavy (non-hydrogen) atoms. The summed E-state index contributed by atoms with van der Waals surface area (Å²) in [5.41, 5.74) is 0.722. The lowest BCUT2D eigenvalue weighted by molar-refractivity contribution is 0.0588. The van der Waals surface area contributed by atoms with Crippen LogP contribution in [0.5, 0.6) is 0 Å². The van der Waals surface area contributed by atoms with E-state index in [0.717, 1.165) is 9.37 Å². The van der Waals surface area contributed by atoms with Crippen LogP contribution in [0.25, 0.3) is 0 Å². The predicted octanol–water partition coefficient (Wildman–Crippen LogP) is 2.59. The Morgan fingerprint density at radius 1 is 1.22 bits per heavy atom. The Kier molecular flexibility index (Phi) is 3.22. The van der Waals surface area contributed by atoms with Crippen LogP contribution < -0.4 is 0 Å². The minimum absolute atomic E-state index is 0.0966. The van der Waals surface area contributed by atoms with Gasteiger partial charge < -0.3 is 0 Å². The zero-order chi connectivity index (χ0) is 13.4. The van der Waals surface area contributed by atoms with Crippen molar-refractivity contribution in [2.75, 3.05) is 0 Å². The molecule has 1 aromatic carbocycles. The average molecular weight is 307 g/mol. The zero-order valence-corrected chi connectivity index (χ0v) is 11.6. The molecule has 0 N–H and O–H groups in total. The summed E-state index contributed by atoms with van der Waals surface area (Å²) in [7, 11) is 0. The SMILES string of the molecule is CC(C)C(C#N)N1C(=O)c2ccc(Br)cc2C1=O. The Labute approximate surface area is 113 Å². The number of nitriles is 1. The highest BCUT2D eigenvalue weighted by molar-refractivity contribution is 9.10. The van der Waals surface area contributed by atoms with Crippen LogP contribution in [0, 0.1) is 17.2 Å². The third-order valence-electron chi connectivity index (χ3n) is 2.92. The normalized spacial score (nSPS) is 15.8. The molecule has 5 heteroatoms. The van der Waals surface area contributed by atoms with Gasteiger partial charge in [0, 0.05) is 4.47 Å². The van der Waals surface area contributed by atoms with Crippen LogP contribution in [0.2, 0.25) is 0 Å². The molecule has 2 amide bonds. The minimum Gasteiger partial charge on any atom is -0.269 e. The van der Waals surface area contributed by atoms with Gasteiger partial charge in [0.1, 0.15) is 6.04 Å². The van der Waals surface area contributed by atoms with E-state index in [2.05, 4.69) is 15.9 Å². The second kappa shape index (κ2) is 4.54. The predicted molar refractivity (Wildman–Crippen MR) is 68.9 cm³/mol. The van der Waals surface area contributed by atoms with E-state index < -0.39 is 11.9 Å². The lowest BCUT2D eigenvalue weighted by Gasteiger charge is -2.22. The molecule has 1 aliphatic heterocycles. The van der Waals surface area contributed by atoms with Gasteiger partial charge in [-0.3, -0.25) is 14.5 Å². The van der Waals surface area contributed by atoms with E-state index in [4.69, 9.17) is 5.26 Å². The van der Waals surface area contributed by atoms with Gasteiger partial charge in [0.15, 0.2) is 0 Å². The summed E-state index contributed by atoms with van der Waals surface area (Å²) in [6, 6.07) is 6.23. The summed E-state index contributed by atoms with van der Waals surface area (Å²) in [4.78, 5) is 25.4. The summed E-state index contributed by atoms with van der Waals surface area (Å²) >= 11 is 3.27. The van der Waals surface area contributed by atoms with Gasteiger partial charge in [0.2, 0.25) is 0 Å². The van der Waals surface area contributed by atoms with E-state index in [0.29, 0.717) is 11.1 Å². The van der Waals surface area contributed by atoms with Crippen molar-refractivity contribution in [1.29, 1.82) is 5.26 Å². The second-order valence-corrected chi connectivity index (χ2v) is 5.40. The van der Waals surface area contributed by atoms with Crippen LogP contribution in [0.15, 0.2) is 22.7 Å². The van der Waals surface area contributed by atoms with E-state index in [9.17, 15) is 9.59 Å². The highest BCUT2D eigenvalue weighted by Gasteiger charge is 2.41. The molecule has 0 fully saturated rings. The molecule has 0 bridgehead atoms. The van der Waals surface area contributed by atoms with Gasteiger partial charge in [-0.1, -0.05) is 29.8 Å². The van der Waals surface area contributed by atoms with Crippen molar-refractivity contribution < 1.29 is 9.59 Å². The molecule has 1 aromatic rings. The molecule has 1 heterocycles. The second-order valence-electron chi connectivity index (χ2n) is 4.49. The molecule has 2 rings (SSSR count). The number of amides is 2. The summed E-state index contributed by atoms with van der Waals surface area (Å²) < 4.78 is 0.738. The summed E-state index contributed by atoms with van der Waals surface area (Å²) in [5, 5.41) is 9.12. The molecule has 0 aromatic heterocycles. The van der Waals surface area contributed by atoms with Gasteiger partial charge in [-0.05, 0) is 24.1 Å². The van der Waals surface area contributed by atoms with Gasteiger partial charge in [-0.15, -0.1) is 0 Å². The first-order valence-electron chi connectivity index (χ1n) is 5.54. The van der Waals surface area contributed by atoms with E-state index in [1.165, 1.54) is 0 Å². The van der Waals surface area contributed by atoms with Crippen LogP contribution in [0.3, 0.4) is 0 Å². The largest absolute Gasteiger partial charge is 0.269 e. The van der Waals surface area contributed by atoms with Crippen molar-refractivity contribution in [3.63, 3.8) is 0 Å². The lowest BCUT2D eigenvalue weighted by Crippen LogP contribution is -2.42. The number of carbonyl (C=O) groups is 2. The Morgan fingerprint density at radius 3 is 2.39 bits per heavy atom. The third kappa shape index (κ3) is 1.83. The topological polar surface area (TPSA) is 61.2 Å². The average Bonchev–Trinajstić information content (AvgIpc) is 2.55. The first-order valence-corrected chi connectivity index (χ1v) is 6.33. The number of benzene rings is 1. The maximum atomic E-state index is 12.2. The summed E-state index contributed by atoms with van der Waals surface area (Å²) in [5.74, 6) is -0.875. The number of halogens is 1. The number of imide groups is 1. The smallest absolute Gasteiger partial charge is 0.262 e. The molecule has 1 unspecified atom stereocenters. The van der Waals surface area contributed by atoms with Gasteiger partial charge in [-0.25, -0.2) is 0 Å². The minimum atomic E-state index is -0.726. The van der Waals surface area contributed by atoms with E-state index in [1.54, 1.807) is 18.2 Å². The third-order valence-corrected chi connectivity index (χ3v) is 3.42. The standard InChI is InChI=1S/C13H11BrN2O2/c1-7(2)11(6-15)16-12(17)9-4-3-8(14)5-10(9)13(16)18/h3-5,7,11H,1-2H3. The van der Waals surface area contributed by atoms with Crippen LogP contribution in [0.1, 0.15) is 34.6 Å². The van der Waals surface area contributed by atoms with Crippen molar-refractivity contribution >= 4 is 27.7 Å². The summed E-state index contributed by atoms with van der Waals surface area (Å²) in [6.45, 7) is 3.63. The van der Waals surface area contributed by atoms with E-state index >= 15 is 0 Å². The molecule has 1 aliphatic rings. The van der Waals surface area contributed by atoms with Gasteiger partial charge in [0.05, 0.1) is 17.2 Å². The molecule has 0 saturated heterocycles. The van der Waals surface area contributed by atoms with Crippen molar-refractivity contribution in [1.82, 2.24) is 4.90 Å². The first-order chi connectivity index (χ1) is 8.47. The molecule has 1 atom stereocenters. The fourth-order valence-corrected chi connectivity index (χ4v) is 2.35. The first kappa shape index (κ1) is 12.8. The molecule has 92 valence electrons. The number of fused-ring (bicyclic) bond motifs is 1. The maximum absolute atomic E-state index is 12.2. The quantitative estimate of drug-likeness (QED) is 0.789. The van der Waals surface area contributed by atoms with Gasteiger partial charge in [-0.2, -0.15) is 5.26 Å². The Balaban J connectivity index is 2.49. The number of hydrogen-bond acceptors (Lipinski definition) is 3. The van der Waals surface area contributed by atoms with Crippen molar-refractivity contribution in [2.24, 2.45) is 5.92 Å². The van der Waals surface area contributed by atoms with E-state index in [1.807, 2.05) is 19.9 Å². The summed E-state index contributed by atoms with van der Waals surface area (Å²) in [6.07, 6.45) is 0. The zero-order valence-electron chi connectivity index (χ0n) is 9.98. The number of hydrogen-bond donors (Lipinski definition) is 0. The monoisotopic (exact) mass is 306 g/mol. The number of nitrogens with zero attached hydrogens (tertiary/aromatic N) is 2. The molecular formula is C13H11BrN2O2. The van der Waals surface area contributed by atoms with Crippen molar-refractivity contribution in [3.8, 4) is 6.07 Å². The fourth-order valence-electron chi connectivity index (χ4n) is 1.99.